The van der Waals surface area contributed by atoms with Gasteiger partial charge in [0.25, 0.3) is 17.7 Å². The van der Waals surface area contributed by atoms with Gasteiger partial charge in [0.1, 0.15) is 5.76 Å². The first-order valence-electron chi connectivity index (χ1n) is 9.85. The molecule has 2 aromatic rings. The van der Waals surface area contributed by atoms with Gasteiger partial charge in [0.2, 0.25) is 0 Å². The van der Waals surface area contributed by atoms with Crippen molar-refractivity contribution in [1.29, 1.82) is 0 Å². The molecule has 3 N–H and O–H groups in total. The summed E-state index contributed by atoms with van der Waals surface area (Å²) in [7, 11) is 3.42. The molecule has 0 radical (unpaired) electrons. The van der Waals surface area contributed by atoms with Crippen LogP contribution >= 0.6 is 0 Å². The van der Waals surface area contributed by atoms with Gasteiger partial charge in [-0.25, -0.2) is 0 Å². The molecule has 0 bridgehead atoms. The Labute approximate surface area is 177 Å². The number of carbonyl (C=O) groups is 3. The number of para-hydroxylation sites is 1. The predicted octanol–water partition coefficient (Wildman–Crippen LogP) is 0.602. The maximum absolute atomic E-state index is 12.8. The first-order valence-corrected chi connectivity index (χ1v) is 9.85. The Morgan fingerprint density at radius 2 is 1.77 bits per heavy atom. The first kappa shape index (κ1) is 23.2. The van der Waals surface area contributed by atoms with Crippen LogP contribution in [0.15, 0.2) is 47.1 Å². The molecule has 8 heteroatoms. The van der Waals surface area contributed by atoms with Crippen LogP contribution in [-0.4, -0.2) is 50.4 Å². The first-order chi connectivity index (χ1) is 14.1. The number of anilines is 1. The molecule has 0 aliphatic rings. The maximum atomic E-state index is 12.8. The molecule has 1 atom stereocenters. The highest BCUT2D eigenvalue weighted by Crippen LogP contribution is 2.19. The lowest BCUT2D eigenvalue weighted by Gasteiger charge is -2.24. The number of benzene rings is 1. The molecule has 1 heterocycles. The van der Waals surface area contributed by atoms with Gasteiger partial charge in [-0.2, -0.15) is 0 Å². The van der Waals surface area contributed by atoms with Crippen LogP contribution in [0.5, 0.6) is 0 Å². The van der Waals surface area contributed by atoms with Crippen LogP contribution in [0.25, 0.3) is 0 Å². The van der Waals surface area contributed by atoms with Crippen molar-refractivity contribution in [3.05, 3.63) is 54.0 Å². The van der Waals surface area contributed by atoms with E-state index in [1.54, 1.807) is 56.8 Å². The Kier molecular flexibility index (Phi) is 7.77. The van der Waals surface area contributed by atoms with E-state index in [0.29, 0.717) is 17.0 Å². The molecule has 1 aromatic carbocycles. The molecule has 30 heavy (non-hydrogen) atoms. The van der Waals surface area contributed by atoms with Crippen LogP contribution in [0.2, 0.25) is 0 Å². The largest absolute Gasteiger partial charge is 0.467 e. The van der Waals surface area contributed by atoms with Gasteiger partial charge in [0.05, 0.1) is 31.1 Å². The molecule has 3 amide bonds. The summed E-state index contributed by atoms with van der Waals surface area (Å²) in [5, 5.41) is 5.68. The number of carbonyl (C=O) groups excluding carboxylic acids is 3. The summed E-state index contributed by atoms with van der Waals surface area (Å²) in [4.78, 5) is 39.7. The molecular formula is C22H31N4O4+. The van der Waals surface area contributed by atoms with E-state index in [1.165, 1.54) is 4.90 Å². The summed E-state index contributed by atoms with van der Waals surface area (Å²) in [5.41, 5.74) is 0.578. The quantitative estimate of drug-likeness (QED) is 0.588. The van der Waals surface area contributed by atoms with E-state index in [1.807, 2.05) is 20.8 Å². The Bertz CT molecular complexity index is 872. The molecule has 0 aliphatic heterocycles. The minimum Gasteiger partial charge on any atom is -0.467 e. The lowest BCUT2D eigenvalue weighted by Crippen LogP contribution is -3.11. The molecule has 0 spiro atoms. The second-order valence-corrected chi connectivity index (χ2v) is 8.34. The highest BCUT2D eigenvalue weighted by molar-refractivity contribution is 6.04. The molecule has 1 aromatic heterocycles. The van der Waals surface area contributed by atoms with E-state index in [9.17, 15) is 14.4 Å². The average Bonchev–Trinajstić information content (AvgIpc) is 3.17. The number of nitrogens with zero attached hydrogens (tertiary/aromatic N) is 1. The predicted molar refractivity (Wildman–Crippen MR) is 114 cm³/mol. The topological polar surface area (TPSA) is 96.1 Å². The summed E-state index contributed by atoms with van der Waals surface area (Å²) < 4.78 is 5.23. The Morgan fingerprint density at radius 3 is 2.40 bits per heavy atom. The van der Waals surface area contributed by atoms with Crippen molar-refractivity contribution in [3.8, 4) is 0 Å². The smallest absolute Gasteiger partial charge is 0.281 e. The minimum absolute atomic E-state index is 0.117. The van der Waals surface area contributed by atoms with Gasteiger partial charge in [0, 0.05) is 12.6 Å². The fourth-order valence-corrected chi connectivity index (χ4v) is 2.94. The number of rotatable bonds is 8. The van der Waals surface area contributed by atoms with E-state index < -0.39 is 0 Å². The van der Waals surface area contributed by atoms with Gasteiger partial charge in [0.15, 0.2) is 13.1 Å². The van der Waals surface area contributed by atoms with Gasteiger partial charge in [-0.3, -0.25) is 14.4 Å². The van der Waals surface area contributed by atoms with Gasteiger partial charge >= 0.3 is 0 Å². The van der Waals surface area contributed by atoms with Crippen LogP contribution in [0.4, 0.5) is 5.69 Å². The van der Waals surface area contributed by atoms with E-state index in [4.69, 9.17) is 4.42 Å². The van der Waals surface area contributed by atoms with Gasteiger partial charge < -0.3 is 24.9 Å². The summed E-state index contributed by atoms with van der Waals surface area (Å²) in [6, 6.07) is 10.4. The zero-order chi connectivity index (χ0) is 22.3. The number of likely N-dealkylation sites (N-methyl/N-ethyl adjacent to an activating group) is 2. The van der Waals surface area contributed by atoms with Gasteiger partial charge in [-0.05, 0) is 45.0 Å². The van der Waals surface area contributed by atoms with Crippen molar-refractivity contribution < 1.29 is 23.7 Å². The molecule has 8 nitrogen and oxygen atoms in total. The highest BCUT2D eigenvalue weighted by Gasteiger charge is 2.23. The van der Waals surface area contributed by atoms with E-state index in [-0.39, 0.29) is 42.9 Å². The molecule has 0 aliphatic carbocycles. The second-order valence-electron chi connectivity index (χ2n) is 8.34. The van der Waals surface area contributed by atoms with Crippen LogP contribution in [0.3, 0.4) is 0 Å². The van der Waals surface area contributed by atoms with Gasteiger partial charge in [-0.1, -0.05) is 12.1 Å². The molecule has 0 saturated carbocycles. The Morgan fingerprint density at radius 1 is 1.07 bits per heavy atom. The third kappa shape index (κ3) is 7.04. The zero-order valence-corrected chi connectivity index (χ0v) is 18.2. The molecule has 0 saturated heterocycles. The number of furan rings is 1. The number of hydrogen-bond acceptors (Lipinski definition) is 4. The lowest BCUT2D eigenvalue weighted by molar-refractivity contribution is -0.862. The number of amides is 3. The zero-order valence-electron chi connectivity index (χ0n) is 18.2. The minimum atomic E-state index is -0.319. The third-order valence-electron chi connectivity index (χ3n) is 4.32. The van der Waals surface area contributed by atoms with Crippen LogP contribution in [0, 0.1) is 0 Å². The van der Waals surface area contributed by atoms with Crippen LogP contribution < -0.4 is 20.4 Å². The van der Waals surface area contributed by atoms with Crippen molar-refractivity contribution in [2.75, 3.05) is 32.1 Å². The third-order valence-corrected chi connectivity index (χ3v) is 4.32. The highest BCUT2D eigenvalue weighted by atomic mass is 16.3. The van der Waals surface area contributed by atoms with Crippen molar-refractivity contribution in [3.63, 3.8) is 0 Å². The summed E-state index contributed by atoms with van der Waals surface area (Å²) in [6.45, 7) is 6.29. The fourth-order valence-electron chi connectivity index (χ4n) is 2.94. The second kappa shape index (κ2) is 10.1. The van der Waals surface area contributed by atoms with E-state index in [2.05, 4.69) is 10.6 Å². The summed E-state index contributed by atoms with van der Waals surface area (Å²) in [6.07, 6.45) is 1.54. The summed E-state index contributed by atoms with van der Waals surface area (Å²) in [5.74, 6) is 0.0337. The fraction of sp³-hybridized carbons (Fsp3) is 0.409. The van der Waals surface area contributed by atoms with Crippen molar-refractivity contribution in [2.24, 2.45) is 0 Å². The Balaban J connectivity index is 2.00. The van der Waals surface area contributed by atoms with Crippen molar-refractivity contribution >= 4 is 23.4 Å². The standard InChI is InChI=1S/C22H30N4O4/c1-22(2,3)24-19(27)14-25(4)15-20(28)26(5)18-11-7-6-10-17(18)21(29)23-13-16-9-8-12-30-16/h6-12H,13-15H2,1-5H3,(H,23,29)(H,24,27)/p+1. The van der Waals surface area contributed by atoms with E-state index in [0.717, 1.165) is 4.90 Å². The van der Waals surface area contributed by atoms with Crippen LogP contribution in [0.1, 0.15) is 36.9 Å². The Hall–Kier alpha value is -3.13. The summed E-state index contributed by atoms with van der Waals surface area (Å²) >= 11 is 0. The van der Waals surface area contributed by atoms with Crippen molar-refractivity contribution in [1.82, 2.24) is 10.6 Å². The molecular weight excluding hydrogens is 384 g/mol. The maximum Gasteiger partial charge on any atom is 0.281 e. The number of nitrogens with one attached hydrogen (secondary N) is 3. The molecule has 2 rings (SSSR count). The normalized spacial score (nSPS) is 12.2. The van der Waals surface area contributed by atoms with E-state index >= 15 is 0 Å². The number of hydrogen-bond donors (Lipinski definition) is 3. The van der Waals surface area contributed by atoms with Gasteiger partial charge in [-0.15, -0.1) is 0 Å². The molecule has 0 fully saturated rings. The molecule has 162 valence electrons. The lowest BCUT2D eigenvalue weighted by atomic mass is 10.1. The SMILES string of the molecule is CN(C(=O)C[NH+](C)CC(=O)NC(C)(C)C)c1ccccc1C(=O)NCc1ccco1. The average molecular weight is 416 g/mol. The monoisotopic (exact) mass is 415 g/mol. The van der Waals surface area contributed by atoms with Crippen molar-refractivity contribution in [2.45, 2.75) is 32.9 Å². The van der Waals surface area contributed by atoms with Crippen LogP contribution in [-0.2, 0) is 16.1 Å². The number of quaternary nitrogens is 1. The molecule has 1 unspecified atom stereocenters.